The van der Waals surface area contributed by atoms with Gasteiger partial charge in [-0.25, -0.2) is 23.5 Å². The van der Waals surface area contributed by atoms with E-state index in [9.17, 15) is 13.2 Å². The van der Waals surface area contributed by atoms with E-state index >= 15 is 0 Å². The van der Waals surface area contributed by atoms with Crippen molar-refractivity contribution in [1.82, 2.24) is 15.3 Å². The normalized spacial score (nSPS) is 11.0. The van der Waals surface area contributed by atoms with Crippen LogP contribution in [0, 0.1) is 0 Å². The molecule has 144 valence electrons. The number of hydrogen-bond acceptors (Lipinski definition) is 6. The van der Waals surface area contributed by atoms with Gasteiger partial charge in [0.15, 0.2) is 0 Å². The number of carbonyl (C=O) groups is 1. The van der Waals surface area contributed by atoms with E-state index in [1.807, 2.05) is 30.3 Å². The van der Waals surface area contributed by atoms with Crippen molar-refractivity contribution in [3.63, 3.8) is 0 Å². The molecule has 0 fully saturated rings. The summed E-state index contributed by atoms with van der Waals surface area (Å²) < 4.78 is 22.5. The number of sulfonamides is 1. The predicted octanol–water partition coefficient (Wildman–Crippen LogP) is 1.84. The van der Waals surface area contributed by atoms with E-state index in [2.05, 4.69) is 20.6 Å². The Bertz CT molecular complexity index is 1050. The van der Waals surface area contributed by atoms with Crippen LogP contribution in [0.3, 0.4) is 0 Å². The van der Waals surface area contributed by atoms with Gasteiger partial charge in [0.1, 0.15) is 5.69 Å². The van der Waals surface area contributed by atoms with Crippen LogP contribution in [-0.2, 0) is 16.4 Å². The summed E-state index contributed by atoms with van der Waals surface area (Å²) >= 11 is 0. The fraction of sp³-hybridized carbons (Fsp3) is 0.105. The molecule has 1 aromatic heterocycles. The van der Waals surface area contributed by atoms with E-state index in [0.717, 1.165) is 11.3 Å². The monoisotopic (exact) mass is 397 g/mol. The van der Waals surface area contributed by atoms with Gasteiger partial charge in [0.25, 0.3) is 5.91 Å². The SMILES string of the molecule is NS(=O)(=O)c1ccc(CCNC(=O)c2ccnc(Nc3ccccc3)n2)cc1. The van der Waals surface area contributed by atoms with Crippen LogP contribution < -0.4 is 15.8 Å². The van der Waals surface area contributed by atoms with Gasteiger partial charge in [-0.3, -0.25) is 4.79 Å². The standard InChI is InChI=1S/C19H19N5O3S/c20-28(26,27)16-8-6-14(7-9-16)10-12-21-18(25)17-11-13-22-19(24-17)23-15-4-2-1-3-5-15/h1-9,11,13H,10,12H2,(H,21,25)(H2,20,26,27)(H,22,23,24). The lowest BCUT2D eigenvalue weighted by molar-refractivity contribution is 0.0949. The lowest BCUT2D eigenvalue weighted by atomic mass is 10.1. The van der Waals surface area contributed by atoms with Crippen molar-refractivity contribution in [2.24, 2.45) is 5.14 Å². The van der Waals surface area contributed by atoms with Gasteiger partial charge in [0, 0.05) is 18.4 Å². The number of hydrogen-bond donors (Lipinski definition) is 3. The first-order chi connectivity index (χ1) is 13.4. The third-order valence-electron chi connectivity index (χ3n) is 3.87. The highest BCUT2D eigenvalue weighted by atomic mass is 32.2. The minimum absolute atomic E-state index is 0.0553. The summed E-state index contributed by atoms with van der Waals surface area (Å²) in [5, 5.41) is 10.9. The second-order valence-electron chi connectivity index (χ2n) is 5.95. The number of para-hydroxylation sites is 1. The smallest absolute Gasteiger partial charge is 0.270 e. The molecule has 0 bridgehead atoms. The van der Waals surface area contributed by atoms with Crippen LogP contribution >= 0.6 is 0 Å². The van der Waals surface area contributed by atoms with Crippen molar-refractivity contribution >= 4 is 27.6 Å². The molecule has 4 N–H and O–H groups in total. The summed E-state index contributed by atoms with van der Waals surface area (Å²) in [6.45, 7) is 0.374. The molecule has 3 rings (SSSR count). The summed E-state index contributed by atoms with van der Waals surface area (Å²) in [5.74, 6) is 0.0112. The molecule has 0 aliphatic carbocycles. The molecule has 2 aromatic carbocycles. The Kier molecular flexibility index (Phi) is 5.97. The van der Waals surface area contributed by atoms with Crippen molar-refractivity contribution in [3.8, 4) is 0 Å². The van der Waals surface area contributed by atoms with Crippen molar-refractivity contribution in [3.05, 3.63) is 78.1 Å². The van der Waals surface area contributed by atoms with Gasteiger partial charge >= 0.3 is 0 Å². The van der Waals surface area contributed by atoms with Crippen LogP contribution in [0.2, 0.25) is 0 Å². The van der Waals surface area contributed by atoms with E-state index < -0.39 is 10.0 Å². The largest absolute Gasteiger partial charge is 0.350 e. The average Bonchev–Trinajstić information content (AvgIpc) is 2.68. The molecule has 3 aromatic rings. The van der Waals surface area contributed by atoms with Crippen molar-refractivity contribution in [2.75, 3.05) is 11.9 Å². The summed E-state index contributed by atoms with van der Waals surface area (Å²) in [4.78, 5) is 20.7. The van der Waals surface area contributed by atoms with Gasteiger partial charge in [-0.1, -0.05) is 30.3 Å². The number of carbonyl (C=O) groups excluding carboxylic acids is 1. The van der Waals surface area contributed by atoms with Gasteiger partial charge in [-0.05, 0) is 42.3 Å². The summed E-state index contributed by atoms with van der Waals surface area (Å²) in [5.41, 5.74) is 1.95. The summed E-state index contributed by atoms with van der Waals surface area (Å²) in [6, 6.07) is 17.2. The number of aromatic nitrogens is 2. The van der Waals surface area contributed by atoms with Gasteiger partial charge in [-0.2, -0.15) is 0 Å². The van der Waals surface area contributed by atoms with Crippen LogP contribution in [-0.4, -0.2) is 30.8 Å². The zero-order valence-electron chi connectivity index (χ0n) is 14.9. The van der Waals surface area contributed by atoms with Crippen LogP contribution in [0.5, 0.6) is 0 Å². The second kappa shape index (κ2) is 8.59. The number of primary sulfonamides is 1. The first-order valence-corrected chi connectivity index (χ1v) is 10.0. The number of nitrogens with zero attached hydrogens (tertiary/aromatic N) is 2. The minimum atomic E-state index is -3.71. The van der Waals surface area contributed by atoms with Gasteiger partial charge < -0.3 is 10.6 Å². The molecule has 1 amide bonds. The van der Waals surface area contributed by atoms with Crippen molar-refractivity contribution < 1.29 is 13.2 Å². The van der Waals surface area contributed by atoms with Crippen LogP contribution in [0.4, 0.5) is 11.6 Å². The topological polar surface area (TPSA) is 127 Å². The Morgan fingerprint density at radius 2 is 1.71 bits per heavy atom. The fourth-order valence-electron chi connectivity index (χ4n) is 2.45. The van der Waals surface area contributed by atoms with Crippen LogP contribution in [0.25, 0.3) is 0 Å². The molecule has 8 nitrogen and oxygen atoms in total. The number of benzene rings is 2. The molecular formula is C19H19N5O3S. The Labute approximate surface area is 162 Å². The fourth-order valence-corrected chi connectivity index (χ4v) is 2.97. The quantitative estimate of drug-likeness (QED) is 0.558. The lowest BCUT2D eigenvalue weighted by Gasteiger charge is -2.08. The minimum Gasteiger partial charge on any atom is -0.350 e. The number of nitrogens with two attached hydrogens (primary N) is 1. The van der Waals surface area contributed by atoms with E-state index in [0.29, 0.717) is 18.9 Å². The van der Waals surface area contributed by atoms with Gasteiger partial charge in [0.05, 0.1) is 4.90 Å². The molecule has 0 aliphatic rings. The maximum atomic E-state index is 12.3. The first kappa shape index (κ1) is 19.5. The molecule has 0 saturated heterocycles. The van der Waals surface area contributed by atoms with E-state index in [1.165, 1.54) is 24.4 Å². The van der Waals surface area contributed by atoms with Crippen LogP contribution in [0.15, 0.2) is 71.8 Å². The van der Waals surface area contributed by atoms with Crippen LogP contribution in [0.1, 0.15) is 16.1 Å². The molecular weight excluding hydrogens is 378 g/mol. The summed E-state index contributed by atoms with van der Waals surface area (Å²) in [7, 11) is -3.71. The molecule has 0 radical (unpaired) electrons. The van der Waals surface area contributed by atoms with E-state index in [-0.39, 0.29) is 16.5 Å². The highest BCUT2D eigenvalue weighted by Crippen LogP contribution is 2.12. The Morgan fingerprint density at radius 3 is 2.39 bits per heavy atom. The third-order valence-corrected chi connectivity index (χ3v) is 4.80. The molecule has 28 heavy (non-hydrogen) atoms. The lowest BCUT2D eigenvalue weighted by Crippen LogP contribution is -2.26. The third kappa shape index (κ3) is 5.35. The average molecular weight is 397 g/mol. The van der Waals surface area contributed by atoms with E-state index in [4.69, 9.17) is 5.14 Å². The Balaban J connectivity index is 1.55. The first-order valence-electron chi connectivity index (χ1n) is 8.47. The number of amides is 1. The zero-order chi connectivity index (χ0) is 20.0. The number of anilines is 2. The highest BCUT2D eigenvalue weighted by Gasteiger charge is 2.10. The predicted molar refractivity (Wildman–Crippen MR) is 106 cm³/mol. The highest BCUT2D eigenvalue weighted by molar-refractivity contribution is 7.89. The Hall–Kier alpha value is -3.30. The van der Waals surface area contributed by atoms with Gasteiger partial charge in [0.2, 0.25) is 16.0 Å². The maximum absolute atomic E-state index is 12.3. The van der Waals surface area contributed by atoms with E-state index in [1.54, 1.807) is 12.1 Å². The number of nitrogens with one attached hydrogen (secondary N) is 2. The Morgan fingerprint density at radius 1 is 1.00 bits per heavy atom. The summed E-state index contributed by atoms with van der Waals surface area (Å²) in [6.07, 6.45) is 2.05. The van der Waals surface area contributed by atoms with Gasteiger partial charge in [-0.15, -0.1) is 0 Å². The molecule has 0 atom stereocenters. The second-order valence-corrected chi connectivity index (χ2v) is 7.51. The molecule has 0 aliphatic heterocycles. The molecule has 0 saturated carbocycles. The molecule has 0 unspecified atom stereocenters. The molecule has 1 heterocycles. The van der Waals surface area contributed by atoms with Crippen molar-refractivity contribution in [2.45, 2.75) is 11.3 Å². The molecule has 9 heteroatoms. The zero-order valence-corrected chi connectivity index (χ0v) is 15.7. The number of rotatable bonds is 7. The maximum Gasteiger partial charge on any atom is 0.270 e. The molecule has 0 spiro atoms. The van der Waals surface area contributed by atoms with Crippen molar-refractivity contribution in [1.29, 1.82) is 0 Å².